The summed E-state index contributed by atoms with van der Waals surface area (Å²) in [6, 6.07) is 11.1. The van der Waals surface area contributed by atoms with Crippen molar-refractivity contribution in [1.29, 1.82) is 0 Å². The van der Waals surface area contributed by atoms with Gasteiger partial charge in [-0.15, -0.1) is 0 Å². The van der Waals surface area contributed by atoms with Crippen molar-refractivity contribution in [2.75, 3.05) is 7.05 Å². The van der Waals surface area contributed by atoms with Gasteiger partial charge in [-0.3, -0.25) is 4.98 Å². The summed E-state index contributed by atoms with van der Waals surface area (Å²) in [4.78, 5) is 4.63. The lowest BCUT2D eigenvalue weighted by atomic mass is 9.75. The number of rotatable bonds is 3. The van der Waals surface area contributed by atoms with Crippen LogP contribution in [-0.4, -0.2) is 12.0 Å². The number of hydrogen-bond donors (Lipinski definition) is 1. The standard InChI is InChI=1S/C18H24N2/c1-18(2)11-5-10-15(18)17(19-3)14-9-4-7-13-8-6-12-20-16(13)14/h4,6-9,12,15,17,19H,5,10-11H2,1-3H3. The number of hydrogen-bond acceptors (Lipinski definition) is 2. The first-order chi connectivity index (χ1) is 9.63. The van der Waals surface area contributed by atoms with Crippen LogP contribution < -0.4 is 5.32 Å². The number of nitrogens with zero attached hydrogens (tertiary/aromatic N) is 1. The molecule has 1 aromatic carbocycles. The van der Waals surface area contributed by atoms with E-state index in [1.54, 1.807) is 0 Å². The largest absolute Gasteiger partial charge is 0.313 e. The first-order valence-corrected chi connectivity index (χ1v) is 7.64. The number of benzene rings is 1. The van der Waals surface area contributed by atoms with Crippen molar-refractivity contribution in [3.05, 3.63) is 42.1 Å². The lowest BCUT2D eigenvalue weighted by Gasteiger charge is -2.34. The smallest absolute Gasteiger partial charge is 0.0749 e. The van der Waals surface area contributed by atoms with E-state index in [0.29, 0.717) is 17.4 Å². The van der Waals surface area contributed by atoms with Gasteiger partial charge >= 0.3 is 0 Å². The van der Waals surface area contributed by atoms with Crippen molar-refractivity contribution in [3.8, 4) is 0 Å². The summed E-state index contributed by atoms with van der Waals surface area (Å²) in [6.07, 6.45) is 5.88. The molecule has 0 radical (unpaired) electrons. The fourth-order valence-corrected chi connectivity index (χ4v) is 3.92. The van der Waals surface area contributed by atoms with E-state index >= 15 is 0 Å². The van der Waals surface area contributed by atoms with Crippen LogP contribution in [0.25, 0.3) is 10.9 Å². The Morgan fingerprint density at radius 1 is 1.25 bits per heavy atom. The quantitative estimate of drug-likeness (QED) is 0.896. The van der Waals surface area contributed by atoms with Gasteiger partial charge in [0, 0.05) is 17.6 Å². The van der Waals surface area contributed by atoms with Crippen LogP contribution >= 0.6 is 0 Å². The summed E-state index contributed by atoms with van der Waals surface area (Å²) in [7, 11) is 2.08. The minimum absolute atomic E-state index is 0.395. The molecule has 1 aliphatic rings. The van der Waals surface area contributed by atoms with Crippen molar-refractivity contribution in [2.24, 2.45) is 11.3 Å². The second kappa shape index (κ2) is 5.17. The maximum atomic E-state index is 4.63. The van der Waals surface area contributed by atoms with E-state index < -0.39 is 0 Å². The number of aromatic nitrogens is 1. The Balaban J connectivity index is 2.08. The lowest BCUT2D eigenvalue weighted by molar-refractivity contribution is 0.204. The van der Waals surface area contributed by atoms with Crippen LogP contribution in [0.15, 0.2) is 36.5 Å². The summed E-state index contributed by atoms with van der Waals surface area (Å²) >= 11 is 0. The molecular weight excluding hydrogens is 244 g/mol. The molecule has 2 heteroatoms. The maximum Gasteiger partial charge on any atom is 0.0749 e. The van der Waals surface area contributed by atoms with E-state index in [9.17, 15) is 0 Å². The van der Waals surface area contributed by atoms with Gasteiger partial charge in [-0.1, -0.05) is 44.5 Å². The first kappa shape index (κ1) is 13.6. The summed E-state index contributed by atoms with van der Waals surface area (Å²) in [5, 5.41) is 4.81. The van der Waals surface area contributed by atoms with Gasteiger partial charge in [0.15, 0.2) is 0 Å². The minimum atomic E-state index is 0.395. The van der Waals surface area contributed by atoms with E-state index in [-0.39, 0.29) is 0 Å². The second-order valence-corrected chi connectivity index (χ2v) is 6.68. The van der Waals surface area contributed by atoms with Gasteiger partial charge in [0.1, 0.15) is 0 Å². The number of pyridine rings is 1. The molecule has 1 fully saturated rings. The molecule has 1 aliphatic carbocycles. The van der Waals surface area contributed by atoms with Crippen LogP contribution in [-0.2, 0) is 0 Å². The monoisotopic (exact) mass is 268 g/mol. The zero-order valence-corrected chi connectivity index (χ0v) is 12.7. The van der Waals surface area contributed by atoms with E-state index in [1.807, 2.05) is 12.3 Å². The van der Waals surface area contributed by atoms with E-state index in [2.05, 4.69) is 55.5 Å². The summed E-state index contributed by atoms with van der Waals surface area (Å²) in [5.74, 6) is 0.681. The molecule has 2 atom stereocenters. The predicted molar refractivity (Wildman–Crippen MR) is 84.7 cm³/mol. The highest BCUT2D eigenvalue weighted by Crippen LogP contribution is 2.49. The molecule has 3 rings (SSSR count). The van der Waals surface area contributed by atoms with Crippen LogP contribution in [0, 0.1) is 11.3 Å². The van der Waals surface area contributed by atoms with Gasteiger partial charge < -0.3 is 5.32 Å². The molecule has 2 unspecified atom stereocenters. The summed E-state index contributed by atoms with van der Waals surface area (Å²) in [5.41, 5.74) is 2.91. The Morgan fingerprint density at radius 2 is 2.05 bits per heavy atom. The van der Waals surface area contributed by atoms with E-state index in [0.717, 1.165) is 5.52 Å². The molecule has 0 spiro atoms. The van der Waals surface area contributed by atoms with Crippen molar-refractivity contribution in [1.82, 2.24) is 10.3 Å². The minimum Gasteiger partial charge on any atom is -0.313 e. The highest BCUT2D eigenvalue weighted by atomic mass is 14.9. The topological polar surface area (TPSA) is 24.9 Å². The molecule has 0 bridgehead atoms. The normalized spacial score (nSPS) is 23.1. The van der Waals surface area contributed by atoms with Crippen molar-refractivity contribution in [2.45, 2.75) is 39.2 Å². The summed E-state index contributed by atoms with van der Waals surface area (Å²) < 4.78 is 0. The third-order valence-electron chi connectivity index (χ3n) is 5.05. The van der Waals surface area contributed by atoms with Crippen LogP contribution in [0.5, 0.6) is 0 Å². The van der Waals surface area contributed by atoms with Crippen LogP contribution in [0.3, 0.4) is 0 Å². The van der Waals surface area contributed by atoms with Crippen LogP contribution in [0.4, 0.5) is 0 Å². The molecule has 0 aliphatic heterocycles. The Morgan fingerprint density at radius 3 is 2.75 bits per heavy atom. The Labute approximate surface area is 121 Å². The maximum absolute atomic E-state index is 4.63. The second-order valence-electron chi connectivity index (χ2n) is 6.68. The van der Waals surface area contributed by atoms with Gasteiger partial charge in [0.05, 0.1) is 5.52 Å². The Kier molecular flexibility index (Phi) is 3.51. The van der Waals surface area contributed by atoms with Gasteiger partial charge in [-0.05, 0) is 42.9 Å². The highest BCUT2D eigenvalue weighted by molar-refractivity contribution is 5.82. The van der Waals surface area contributed by atoms with Crippen LogP contribution in [0.1, 0.15) is 44.7 Å². The third kappa shape index (κ3) is 2.22. The fraction of sp³-hybridized carbons (Fsp3) is 0.500. The molecule has 106 valence electrons. The summed E-state index contributed by atoms with van der Waals surface area (Å²) in [6.45, 7) is 4.82. The number of para-hydroxylation sites is 1. The predicted octanol–water partition coefficient (Wildman–Crippen LogP) is 4.32. The molecule has 1 heterocycles. The third-order valence-corrected chi connectivity index (χ3v) is 5.05. The van der Waals surface area contributed by atoms with Gasteiger partial charge in [0.25, 0.3) is 0 Å². The number of fused-ring (bicyclic) bond motifs is 1. The molecule has 1 saturated carbocycles. The molecular formula is C18H24N2. The molecule has 1 N–H and O–H groups in total. The van der Waals surface area contributed by atoms with Gasteiger partial charge in [0.2, 0.25) is 0 Å². The highest BCUT2D eigenvalue weighted by Gasteiger charge is 2.40. The molecule has 20 heavy (non-hydrogen) atoms. The SMILES string of the molecule is CNC(c1cccc2cccnc12)C1CCCC1(C)C. The Hall–Kier alpha value is -1.41. The molecule has 2 nitrogen and oxygen atoms in total. The Bertz CT molecular complexity index is 598. The number of nitrogens with one attached hydrogen (secondary N) is 1. The van der Waals surface area contributed by atoms with E-state index in [4.69, 9.17) is 0 Å². The van der Waals surface area contributed by atoms with Gasteiger partial charge in [-0.25, -0.2) is 0 Å². The first-order valence-electron chi connectivity index (χ1n) is 7.64. The lowest BCUT2D eigenvalue weighted by Crippen LogP contribution is -2.32. The zero-order valence-electron chi connectivity index (χ0n) is 12.7. The molecule has 0 saturated heterocycles. The van der Waals surface area contributed by atoms with Gasteiger partial charge in [-0.2, -0.15) is 0 Å². The molecule has 0 amide bonds. The van der Waals surface area contributed by atoms with E-state index in [1.165, 1.54) is 30.2 Å². The van der Waals surface area contributed by atoms with Crippen molar-refractivity contribution >= 4 is 10.9 Å². The van der Waals surface area contributed by atoms with Crippen LogP contribution in [0.2, 0.25) is 0 Å². The van der Waals surface area contributed by atoms with Crippen molar-refractivity contribution in [3.63, 3.8) is 0 Å². The van der Waals surface area contributed by atoms with Crippen molar-refractivity contribution < 1.29 is 0 Å². The zero-order chi connectivity index (χ0) is 14.2. The average Bonchev–Trinajstić information content (AvgIpc) is 2.80. The molecule has 1 aromatic heterocycles. The fourth-order valence-electron chi connectivity index (χ4n) is 3.92. The molecule has 2 aromatic rings. The average molecular weight is 268 g/mol.